The molecule has 1 saturated carbocycles. The molecule has 122 valence electrons. The van der Waals surface area contributed by atoms with Gasteiger partial charge < -0.3 is 9.53 Å². The molecule has 0 bridgehead atoms. The van der Waals surface area contributed by atoms with Crippen molar-refractivity contribution in [2.75, 3.05) is 7.11 Å². The fourth-order valence-electron chi connectivity index (χ4n) is 3.13. The molecule has 2 aromatic rings. The maximum Gasteiger partial charge on any atom is 0.183 e. The highest BCUT2D eigenvalue weighted by Gasteiger charge is 2.72. The van der Waals surface area contributed by atoms with Crippen LogP contribution >= 0.6 is 0 Å². The number of ether oxygens (including phenoxy) is 1. The number of benzene rings is 2. The summed E-state index contributed by atoms with van der Waals surface area (Å²) in [6.07, 6.45) is 0.465. The van der Waals surface area contributed by atoms with Crippen LogP contribution in [0.3, 0.4) is 0 Å². The molecule has 0 unspecified atom stereocenters. The zero-order chi connectivity index (χ0) is 17.4. The number of hydrogen-bond acceptors (Lipinski definition) is 5. The molecule has 3 atom stereocenters. The molecule has 0 aromatic heterocycles. The average Bonchev–Trinajstić information content (AvgIpc) is 3.33. The molecule has 1 aliphatic rings. The molecule has 0 amide bonds. The second-order valence-electron chi connectivity index (χ2n) is 5.69. The van der Waals surface area contributed by atoms with Crippen molar-refractivity contribution in [2.45, 2.75) is 16.1 Å². The smallest absolute Gasteiger partial charge is 0.183 e. The summed E-state index contributed by atoms with van der Waals surface area (Å²) in [7, 11) is -2.27. The van der Waals surface area contributed by atoms with E-state index in [9.17, 15) is 18.5 Å². The first-order chi connectivity index (χ1) is 11.5. The van der Waals surface area contributed by atoms with Gasteiger partial charge in [-0.15, -0.1) is 0 Å². The minimum Gasteiger partial charge on any atom is -0.497 e. The van der Waals surface area contributed by atoms with E-state index in [-0.39, 0.29) is 4.90 Å². The van der Waals surface area contributed by atoms with Crippen molar-refractivity contribution in [3.63, 3.8) is 0 Å². The lowest BCUT2D eigenvalue weighted by molar-refractivity contribution is -0.110. The fraction of sp³-hybridized carbons (Fsp3) is 0.222. The van der Waals surface area contributed by atoms with Crippen molar-refractivity contribution >= 4 is 16.1 Å². The summed E-state index contributed by atoms with van der Waals surface area (Å²) in [5.41, 5.74) is -0.919. The van der Waals surface area contributed by atoms with Crippen LogP contribution in [0.1, 0.15) is 11.5 Å². The molecule has 0 N–H and O–H groups in total. The fourth-order valence-corrected chi connectivity index (χ4v) is 5.39. The minimum atomic E-state index is -3.80. The summed E-state index contributed by atoms with van der Waals surface area (Å²) in [5, 5.41) is 8.42. The molecule has 24 heavy (non-hydrogen) atoms. The quantitative estimate of drug-likeness (QED) is 0.779. The van der Waals surface area contributed by atoms with Gasteiger partial charge in [0.05, 0.1) is 18.1 Å². The Morgan fingerprint density at radius 2 is 1.75 bits per heavy atom. The molecule has 5 nitrogen and oxygen atoms in total. The van der Waals surface area contributed by atoms with E-state index < -0.39 is 26.4 Å². The lowest BCUT2D eigenvalue weighted by Crippen LogP contribution is -2.16. The van der Waals surface area contributed by atoms with Crippen LogP contribution in [0.15, 0.2) is 59.5 Å². The second-order valence-corrected chi connectivity index (χ2v) is 7.76. The standard InChI is InChI=1S/C18H15NO4S/c1-23-14-9-7-13(8-10-14)16-17(18(16,11-19)12-20)24(21,22)15-5-3-2-4-6-15/h2-10,12,16-17H,1H3/t16-,17-,18+/m1/s1. The van der Waals surface area contributed by atoms with Gasteiger partial charge in [0.1, 0.15) is 22.7 Å². The van der Waals surface area contributed by atoms with Gasteiger partial charge in [0.25, 0.3) is 0 Å². The lowest BCUT2D eigenvalue weighted by atomic mass is 10.0. The van der Waals surface area contributed by atoms with E-state index in [1.165, 1.54) is 19.2 Å². The highest BCUT2D eigenvalue weighted by molar-refractivity contribution is 7.92. The van der Waals surface area contributed by atoms with E-state index in [2.05, 4.69) is 0 Å². The Bertz CT molecular complexity index is 900. The van der Waals surface area contributed by atoms with Crippen molar-refractivity contribution in [1.29, 1.82) is 5.26 Å². The van der Waals surface area contributed by atoms with Gasteiger partial charge in [-0.25, -0.2) is 8.42 Å². The number of carbonyl (C=O) groups excluding carboxylic acids is 1. The Kier molecular flexibility index (Phi) is 3.90. The van der Waals surface area contributed by atoms with Crippen LogP contribution in [0.25, 0.3) is 0 Å². The maximum absolute atomic E-state index is 12.9. The van der Waals surface area contributed by atoms with E-state index in [1.807, 2.05) is 6.07 Å². The van der Waals surface area contributed by atoms with Gasteiger partial charge >= 0.3 is 0 Å². The third-order valence-electron chi connectivity index (χ3n) is 4.45. The van der Waals surface area contributed by atoms with E-state index in [0.29, 0.717) is 17.6 Å². The van der Waals surface area contributed by atoms with E-state index in [4.69, 9.17) is 4.74 Å². The number of carbonyl (C=O) groups is 1. The van der Waals surface area contributed by atoms with Crippen LogP contribution in [0.4, 0.5) is 0 Å². The number of nitriles is 1. The first kappa shape index (κ1) is 16.2. The van der Waals surface area contributed by atoms with Crippen LogP contribution < -0.4 is 4.74 Å². The molecule has 2 aromatic carbocycles. The van der Waals surface area contributed by atoms with Crippen molar-refractivity contribution in [2.24, 2.45) is 5.41 Å². The van der Waals surface area contributed by atoms with Crippen molar-refractivity contribution < 1.29 is 17.9 Å². The zero-order valence-electron chi connectivity index (χ0n) is 12.9. The number of hydrogen-bond donors (Lipinski definition) is 0. The predicted molar refractivity (Wildman–Crippen MR) is 87.3 cm³/mol. The summed E-state index contributed by atoms with van der Waals surface area (Å²) in [6.45, 7) is 0. The van der Waals surface area contributed by atoms with Gasteiger partial charge in [-0.3, -0.25) is 0 Å². The molecule has 0 heterocycles. The van der Waals surface area contributed by atoms with Crippen LogP contribution in [0.5, 0.6) is 5.75 Å². The Balaban J connectivity index is 2.06. The summed E-state index contributed by atoms with van der Waals surface area (Å²) >= 11 is 0. The van der Waals surface area contributed by atoms with Crippen molar-refractivity contribution in [3.8, 4) is 11.8 Å². The third-order valence-corrected chi connectivity index (χ3v) is 6.71. The second kappa shape index (κ2) is 5.77. The molecule has 0 spiro atoms. The van der Waals surface area contributed by atoms with Gasteiger partial charge in [-0.05, 0) is 29.8 Å². The number of rotatable bonds is 5. The number of nitrogens with zero attached hydrogens (tertiary/aromatic N) is 1. The SMILES string of the molecule is COc1ccc([C@@H]2[C@@H](S(=O)(=O)c3ccccc3)[C@@]2(C#N)C=O)cc1. The van der Waals surface area contributed by atoms with Gasteiger partial charge in [0.15, 0.2) is 9.84 Å². The third kappa shape index (κ3) is 2.29. The highest BCUT2D eigenvalue weighted by Crippen LogP contribution is 2.62. The normalized spacial score (nSPS) is 25.5. The van der Waals surface area contributed by atoms with Crippen LogP contribution in [-0.2, 0) is 14.6 Å². The summed E-state index contributed by atoms with van der Waals surface area (Å²) in [5.74, 6) is -0.0633. The Labute approximate surface area is 140 Å². The maximum atomic E-state index is 12.9. The minimum absolute atomic E-state index is 0.118. The van der Waals surface area contributed by atoms with Crippen molar-refractivity contribution in [1.82, 2.24) is 0 Å². The monoisotopic (exact) mass is 341 g/mol. The zero-order valence-corrected chi connectivity index (χ0v) is 13.7. The predicted octanol–water partition coefficient (Wildman–Crippen LogP) is 2.34. The van der Waals surface area contributed by atoms with Gasteiger partial charge in [-0.1, -0.05) is 30.3 Å². The largest absolute Gasteiger partial charge is 0.497 e. The van der Waals surface area contributed by atoms with Crippen molar-refractivity contribution in [3.05, 3.63) is 60.2 Å². The molecule has 1 aliphatic carbocycles. The van der Waals surface area contributed by atoms with Crippen LogP contribution in [0.2, 0.25) is 0 Å². The van der Waals surface area contributed by atoms with E-state index in [1.54, 1.807) is 42.5 Å². The summed E-state index contributed by atoms with van der Waals surface area (Å²) < 4.78 is 30.9. The Morgan fingerprint density at radius 1 is 1.12 bits per heavy atom. The van der Waals surface area contributed by atoms with Gasteiger partial charge in [-0.2, -0.15) is 5.26 Å². The Hall–Kier alpha value is -2.65. The number of aldehydes is 1. The van der Waals surface area contributed by atoms with Crippen LogP contribution in [-0.4, -0.2) is 27.1 Å². The molecule has 6 heteroatoms. The molecule has 0 saturated heterocycles. The highest BCUT2D eigenvalue weighted by atomic mass is 32.2. The molecular weight excluding hydrogens is 326 g/mol. The Morgan fingerprint density at radius 3 is 2.25 bits per heavy atom. The molecule has 1 fully saturated rings. The summed E-state index contributed by atoms with van der Waals surface area (Å²) in [6, 6.07) is 16.6. The first-order valence-electron chi connectivity index (χ1n) is 7.31. The molecule has 0 radical (unpaired) electrons. The topological polar surface area (TPSA) is 84.2 Å². The molecule has 0 aliphatic heterocycles. The average molecular weight is 341 g/mol. The van der Waals surface area contributed by atoms with Crippen LogP contribution in [0, 0.1) is 16.7 Å². The van der Waals surface area contributed by atoms with Gasteiger partial charge in [0.2, 0.25) is 0 Å². The first-order valence-corrected chi connectivity index (χ1v) is 8.86. The number of methoxy groups -OCH3 is 1. The lowest BCUT2D eigenvalue weighted by Gasteiger charge is -2.04. The van der Waals surface area contributed by atoms with E-state index in [0.717, 1.165) is 0 Å². The number of sulfone groups is 1. The summed E-state index contributed by atoms with van der Waals surface area (Å²) in [4.78, 5) is 11.7. The molecular formula is C18H15NO4S. The molecule has 3 rings (SSSR count). The van der Waals surface area contributed by atoms with Gasteiger partial charge in [0, 0.05) is 5.92 Å². The van der Waals surface area contributed by atoms with E-state index >= 15 is 0 Å².